The van der Waals surface area contributed by atoms with Gasteiger partial charge in [-0.25, -0.2) is 4.79 Å². The fourth-order valence-electron chi connectivity index (χ4n) is 2.84. The van der Waals surface area contributed by atoms with E-state index < -0.39 is 12.0 Å². The van der Waals surface area contributed by atoms with Crippen LogP contribution < -0.4 is 10.1 Å². The molecule has 2 aromatic carbocycles. The molecular formula is C20H20N2O4. The lowest BCUT2D eigenvalue weighted by molar-refractivity contribution is -0.142. The van der Waals surface area contributed by atoms with Crippen molar-refractivity contribution in [2.24, 2.45) is 0 Å². The van der Waals surface area contributed by atoms with Crippen LogP contribution >= 0.6 is 0 Å². The van der Waals surface area contributed by atoms with E-state index in [4.69, 9.17) is 9.47 Å². The molecule has 0 aliphatic carbocycles. The van der Waals surface area contributed by atoms with E-state index in [1.807, 2.05) is 30.5 Å². The summed E-state index contributed by atoms with van der Waals surface area (Å²) in [4.78, 5) is 27.8. The Morgan fingerprint density at radius 3 is 2.58 bits per heavy atom. The van der Waals surface area contributed by atoms with Crippen molar-refractivity contribution in [2.45, 2.75) is 12.5 Å². The van der Waals surface area contributed by atoms with Gasteiger partial charge in [0.1, 0.15) is 11.8 Å². The lowest BCUT2D eigenvalue weighted by Crippen LogP contribution is -2.43. The first kappa shape index (κ1) is 17.5. The number of carbonyl (C=O) groups is 2. The number of benzene rings is 2. The van der Waals surface area contributed by atoms with Crippen LogP contribution in [0.25, 0.3) is 10.9 Å². The van der Waals surface area contributed by atoms with E-state index in [1.165, 1.54) is 7.11 Å². The monoisotopic (exact) mass is 352 g/mol. The summed E-state index contributed by atoms with van der Waals surface area (Å²) in [6.45, 7) is 0. The molecule has 0 fully saturated rings. The Labute approximate surface area is 151 Å². The maximum Gasteiger partial charge on any atom is 0.328 e. The highest BCUT2D eigenvalue weighted by atomic mass is 16.5. The summed E-state index contributed by atoms with van der Waals surface area (Å²) in [6, 6.07) is 13.6. The molecule has 1 unspecified atom stereocenters. The van der Waals surface area contributed by atoms with E-state index in [0.29, 0.717) is 12.0 Å². The van der Waals surface area contributed by atoms with Crippen LogP contribution in [-0.2, 0) is 16.0 Å². The Morgan fingerprint density at radius 2 is 1.88 bits per heavy atom. The molecule has 1 aromatic heterocycles. The van der Waals surface area contributed by atoms with Gasteiger partial charge in [0, 0.05) is 29.1 Å². The number of hydrogen-bond donors (Lipinski definition) is 2. The van der Waals surface area contributed by atoms with Crippen molar-refractivity contribution in [3.63, 3.8) is 0 Å². The molecule has 0 saturated heterocycles. The minimum absolute atomic E-state index is 0.304. The third kappa shape index (κ3) is 3.69. The van der Waals surface area contributed by atoms with Crippen LogP contribution in [0, 0.1) is 0 Å². The largest absolute Gasteiger partial charge is 0.497 e. The first-order chi connectivity index (χ1) is 12.6. The van der Waals surface area contributed by atoms with Gasteiger partial charge in [0.2, 0.25) is 0 Å². The van der Waals surface area contributed by atoms with Crippen LogP contribution in [0.3, 0.4) is 0 Å². The molecule has 2 N–H and O–H groups in total. The predicted octanol–water partition coefficient (Wildman–Crippen LogP) is 2.69. The van der Waals surface area contributed by atoms with Crippen LogP contribution in [0.4, 0.5) is 0 Å². The van der Waals surface area contributed by atoms with Gasteiger partial charge in [-0.05, 0) is 35.9 Å². The van der Waals surface area contributed by atoms with Gasteiger partial charge >= 0.3 is 5.97 Å². The van der Waals surface area contributed by atoms with Crippen molar-refractivity contribution in [1.29, 1.82) is 0 Å². The number of H-pyrrole nitrogens is 1. The molecule has 3 rings (SSSR count). The van der Waals surface area contributed by atoms with Gasteiger partial charge in [0.25, 0.3) is 5.91 Å². The van der Waals surface area contributed by atoms with Crippen LogP contribution in [0.15, 0.2) is 54.7 Å². The van der Waals surface area contributed by atoms with Gasteiger partial charge in [-0.1, -0.05) is 18.2 Å². The highest BCUT2D eigenvalue weighted by molar-refractivity contribution is 5.97. The zero-order valence-corrected chi connectivity index (χ0v) is 14.6. The Kier molecular flexibility index (Phi) is 5.22. The number of aromatic nitrogens is 1. The van der Waals surface area contributed by atoms with Crippen LogP contribution in [0.1, 0.15) is 15.9 Å². The number of fused-ring (bicyclic) bond motifs is 1. The third-order valence-electron chi connectivity index (χ3n) is 4.23. The maximum absolute atomic E-state index is 12.4. The van der Waals surface area contributed by atoms with Crippen molar-refractivity contribution in [2.75, 3.05) is 14.2 Å². The van der Waals surface area contributed by atoms with Crippen molar-refractivity contribution in [1.82, 2.24) is 10.3 Å². The summed E-state index contributed by atoms with van der Waals surface area (Å²) < 4.78 is 10.1. The molecule has 0 aliphatic heterocycles. The van der Waals surface area contributed by atoms with Gasteiger partial charge in [0.05, 0.1) is 14.2 Å². The van der Waals surface area contributed by atoms with Gasteiger partial charge in [-0.3, -0.25) is 4.79 Å². The van der Waals surface area contributed by atoms with Crippen LogP contribution in [0.5, 0.6) is 5.75 Å². The van der Waals surface area contributed by atoms with Crippen LogP contribution in [-0.4, -0.2) is 37.1 Å². The Hall–Kier alpha value is -3.28. The van der Waals surface area contributed by atoms with Crippen molar-refractivity contribution >= 4 is 22.8 Å². The van der Waals surface area contributed by atoms with E-state index >= 15 is 0 Å². The fourth-order valence-corrected chi connectivity index (χ4v) is 2.84. The van der Waals surface area contributed by atoms with Crippen molar-refractivity contribution in [3.8, 4) is 5.75 Å². The normalized spacial score (nSPS) is 11.8. The zero-order valence-electron chi connectivity index (χ0n) is 14.6. The van der Waals surface area contributed by atoms with E-state index in [-0.39, 0.29) is 5.91 Å². The predicted molar refractivity (Wildman–Crippen MR) is 98.3 cm³/mol. The summed E-state index contributed by atoms with van der Waals surface area (Å²) in [5.41, 5.74) is 2.31. The molecule has 134 valence electrons. The number of methoxy groups -OCH3 is 2. The van der Waals surface area contributed by atoms with Gasteiger partial charge < -0.3 is 19.8 Å². The first-order valence-corrected chi connectivity index (χ1v) is 8.20. The molecule has 0 radical (unpaired) electrons. The van der Waals surface area contributed by atoms with Gasteiger partial charge in [-0.15, -0.1) is 0 Å². The number of hydrogen-bond acceptors (Lipinski definition) is 4. The quantitative estimate of drug-likeness (QED) is 0.669. The summed E-state index contributed by atoms with van der Waals surface area (Å²) in [7, 11) is 2.91. The number of esters is 1. The Balaban J connectivity index is 1.85. The lowest BCUT2D eigenvalue weighted by Gasteiger charge is -2.16. The van der Waals surface area contributed by atoms with E-state index in [2.05, 4.69) is 10.3 Å². The number of amides is 1. The topological polar surface area (TPSA) is 80.4 Å². The maximum atomic E-state index is 12.4. The smallest absolute Gasteiger partial charge is 0.328 e. The average molecular weight is 352 g/mol. The van der Waals surface area contributed by atoms with Gasteiger partial charge in [0.15, 0.2) is 0 Å². The number of nitrogens with one attached hydrogen (secondary N) is 2. The minimum atomic E-state index is -0.794. The van der Waals surface area contributed by atoms with E-state index in [0.717, 1.165) is 22.2 Å². The molecule has 26 heavy (non-hydrogen) atoms. The van der Waals surface area contributed by atoms with Gasteiger partial charge in [-0.2, -0.15) is 0 Å². The molecule has 0 bridgehead atoms. The first-order valence-electron chi connectivity index (χ1n) is 8.20. The molecular weight excluding hydrogens is 332 g/mol. The molecule has 3 aromatic rings. The number of aromatic amines is 1. The SMILES string of the molecule is COC(=O)C(Cc1c[nH]c2ccc(OC)cc12)NC(=O)c1ccccc1. The molecule has 0 aliphatic rings. The molecule has 0 saturated carbocycles. The molecule has 0 spiro atoms. The summed E-state index contributed by atoms with van der Waals surface area (Å²) >= 11 is 0. The second kappa shape index (κ2) is 7.74. The molecule has 1 heterocycles. The summed E-state index contributed by atoms with van der Waals surface area (Å²) in [5, 5.41) is 3.69. The van der Waals surface area contributed by atoms with Crippen molar-refractivity contribution in [3.05, 3.63) is 65.9 Å². The van der Waals surface area contributed by atoms with Crippen LogP contribution in [0.2, 0.25) is 0 Å². The minimum Gasteiger partial charge on any atom is -0.497 e. The van der Waals surface area contributed by atoms with Crippen molar-refractivity contribution < 1.29 is 19.1 Å². The fraction of sp³-hybridized carbons (Fsp3) is 0.200. The summed E-state index contributed by atoms with van der Waals surface area (Å²) in [5.74, 6) is -0.0914. The van der Waals surface area contributed by atoms with E-state index in [9.17, 15) is 9.59 Å². The lowest BCUT2D eigenvalue weighted by atomic mass is 10.0. The number of carbonyl (C=O) groups excluding carboxylic acids is 2. The molecule has 1 atom stereocenters. The standard InChI is InChI=1S/C20H20N2O4/c1-25-15-8-9-17-16(11-15)14(12-21-17)10-18(20(24)26-2)22-19(23)13-6-4-3-5-7-13/h3-9,11-12,18,21H,10H2,1-2H3,(H,22,23). The second-order valence-electron chi connectivity index (χ2n) is 5.84. The number of ether oxygens (including phenoxy) is 2. The summed E-state index contributed by atoms with van der Waals surface area (Å²) in [6.07, 6.45) is 2.13. The average Bonchev–Trinajstić information content (AvgIpc) is 3.09. The molecule has 6 nitrogen and oxygen atoms in total. The number of rotatable bonds is 6. The van der Waals surface area contributed by atoms with E-state index in [1.54, 1.807) is 31.4 Å². The second-order valence-corrected chi connectivity index (χ2v) is 5.84. The highest BCUT2D eigenvalue weighted by Crippen LogP contribution is 2.24. The molecule has 1 amide bonds. The zero-order chi connectivity index (χ0) is 18.5. The molecule has 6 heteroatoms. The third-order valence-corrected chi connectivity index (χ3v) is 4.23. The highest BCUT2D eigenvalue weighted by Gasteiger charge is 2.24. The Bertz CT molecular complexity index is 918. The Morgan fingerprint density at radius 1 is 1.12 bits per heavy atom.